The Bertz CT molecular complexity index is 1580. The molecule has 0 aromatic carbocycles. The number of ether oxygens (including phenoxy) is 2. The first kappa shape index (κ1) is 36.0. The SMILES string of the molecule is CC(=O)O[C@@]12[C@H](OC(=O)/C=C/C=C/C=C/C=C/C3=C(C)CCCC3(C)C)[C@@H](C)[C@@]3(O)[C@@H](C=C(CO)C[C@]4(O)C(=O)C(C)=C[C@@H]34)[C@H]1C2(C)C. The van der Waals surface area contributed by atoms with Gasteiger partial charge in [0.25, 0.3) is 0 Å². The number of carbonyl (C=O) groups excluding carboxylic acids is 3. The number of rotatable bonds is 8. The van der Waals surface area contributed by atoms with Gasteiger partial charge in [-0.05, 0) is 55.2 Å². The van der Waals surface area contributed by atoms with E-state index in [1.807, 2.05) is 38.2 Å². The molecule has 3 N–H and O–H groups in total. The van der Waals surface area contributed by atoms with E-state index in [0.29, 0.717) is 11.1 Å². The molecule has 5 aliphatic carbocycles. The molecule has 5 aliphatic rings. The fourth-order valence-corrected chi connectivity index (χ4v) is 9.78. The number of hydrogen-bond donors (Lipinski definition) is 3. The second-order valence-electron chi connectivity index (χ2n) is 15.8. The number of carbonyl (C=O) groups is 3. The zero-order chi connectivity index (χ0) is 35.4. The van der Waals surface area contributed by atoms with Crippen molar-refractivity contribution in [2.24, 2.45) is 34.5 Å². The number of aliphatic hydroxyl groups is 3. The molecular weight excluding hydrogens is 608 g/mol. The standard InChI is InChI=1S/C40H52O8/c1-24-16-15-19-36(5,6)29(24)17-13-11-9-10-12-14-18-32(43)47-35-26(3)39(46)30(33-37(7,8)40(33,35)48-27(4)42)21-28(23-41)22-38(45)31(39)20-25(2)34(38)44/h9-14,17-18,20-21,26,30-31,33,35,41,45-46H,15-16,19,22-23H2,1-8H3/b11-9+,12-10+,17-13+,18-14+/t26-,30+,31-,33+,35-,38-,39-,40-/m1/s1. The molecular formula is C40H52O8. The van der Waals surface area contributed by atoms with Crippen molar-refractivity contribution in [2.75, 3.05) is 6.61 Å². The molecule has 0 unspecified atom stereocenters. The first-order chi connectivity index (χ1) is 22.4. The van der Waals surface area contributed by atoms with Crippen LogP contribution in [0, 0.1) is 34.5 Å². The predicted octanol–water partition coefficient (Wildman–Crippen LogP) is 5.80. The number of ketones is 1. The Morgan fingerprint density at radius 1 is 1.00 bits per heavy atom. The molecule has 2 saturated carbocycles. The Morgan fingerprint density at radius 2 is 1.65 bits per heavy atom. The predicted molar refractivity (Wildman–Crippen MR) is 183 cm³/mol. The highest BCUT2D eigenvalue weighted by Crippen LogP contribution is 2.77. The molecule has 8 heteroatoms. The van der Waals surface area contributed by atoms with Crippen molar-refractivity contribution in [1.82, 2.24) is 0 Å². The smallest absolute Gasteiger partial charge is 0.331 e. The van der Waals surface area contributed by atoms with Gasteiger partial charge in [-0.25, -0.2) is 4.79 Å². The van der Waals surface area contributed by atoms with Crippen molar-refractivity contribution in [1.29, 1.82) is 0 Å². The van der Waals surface area contributed by atoms with E-state index in [-0.39, 0.29) is 11.8 Å². The number of esters is 2. The van der Waals surface area contributed by atoms with Crippen LogP contribution in [0.1, 0.15) is 81.1 Å². The summed E-state index contributed by atoms with van der Waals surface area (Å²) < 4.78 is 12.2. The van der Waals surface area contributed by atoms with E-state index in [4.69, 9.17) is 9.47 Å². The van der Waals surface area contributed by atoms with Crippen molar-refractivity contribution in [3.8, 4) is 0 Å². The van der Waals surface area contributed by atoms with Crippen molar-refractivity contribution in [2.45, 2.75) is 104 Å². The van der Waals surface area contributed by atoms with Gasteiger partial charge in [0, 0.05) is 48.5 Å². The van der Waals surface area contributed by atoms with Gasteiger partial charge in [-0.15, -0.1) is 0 Å². The number of allylic oxidation sites excluding steroid dienone is 9. The van der Waals surface area contributed by atoms with E-state index in [9.17, 15) is 29.7 Å². The fourth-order valence-electron chi connectivity index (χ4n) is 9.78. The van der Waals surface area contributed by atoms with Gasteiger partial charge in [-0.2, -0.15) is 0 Å². The summed E-state index contributed by atoms with van der Waals surface area (Å²) in [5.74, 6) is -4.88. The maximum absolute atomic E-state index is 13.3. The lowest BCUT2D eigenvalue weighted by Crippen LogP contribution is -2.66. The second kappa shape index (κ2) is 12.5. The first-order valence-corrected chi connectivity index (χ1v) is 17.2. The van der Waals surface area contributed by atoms with Crippen molar-refractivity contribution < 1.29 is 39.2 Å². The Labute approximate surface area is 284 Å². The van der Waals surface area contributed by atoms with Crippen LogP contribution in [0.3, 0.4) is 0 Å². The van der Waals surface area contributed by atoms with Gasteiger partial charge < -0.3 is 24.8 Å². The summed E-state index contributed by atoms with van der Waals surface area (Å²) in [6, 6.07) is 0. The molecule has 0 aromatic heterocycles. The van der Waals surface area contributed by atoms with Crippen molar-refractivity contribution >= 4 is 17.7 Å². The van der Waals surface area contributed by atoms with Gasteiger partial charge in [0.15, 0.2) is 11.4 Å². The van der Waals surface area contributed by atoms with Gasteiger partial charge in [0.2, 0.25) is 0 Å². The summed E-state index contributed by atoms with van der Waals surface area (Å²) >= 11 is 0. The summed E-state index contributed by atoms with van der Waals surface area (Å²) in [6.07, 6.45) is 20.0. The molecule has 0 heterocycles. The number of hydrogen-bond acceptors (Lipinski definition) is 8. The lowest BCUT2D eigenvalue weighted by atomic mass is 9.59. The van der Waals surface area contributed by atoms with Gasteiger partial charge >= 0.3 is 11.9 Å². The third-order valence-corrected chi connectivity index (χ3v) is 12.1. The highest BCUT2D eigenvalue weighted by atomic mass is 16.6. The lowest BCUT2D eigenvalue weighted by molar-refractivity contribution is -0.226. The topological polar surface area (TPSA) is 130 Å². The Kier molecular flexibility index (Phi) is 9.39. The summed E-state index contributed by atoms with van der Waals surface area (Å²) in [6.45, 7) is 14.8. The van der Waals surface area contributed by atoms with E-state index in [2.05, 4.69) is 26.8 Å². The van der Waals surface area contributed by atoms with E-state index >= 15 is 0 Å². The normalized spacial score (nSPS) is 38.5. The van der Waals surface area contributed by atoms with Crippen LogP contribution in [0.15, 0.2) is 83.1 Å². The minimum Gasteiger partial charge on any atom is -0.455 e. The molecule has 0 spiro atoms. The van der Waals surface area contributed by atoms with Crippen LogP contribution >= 0.6 is 0 Å². The zero-order valence-electron chi connectivity index (χ0n) is 29.6. The summed E-state index contributed by atoms with van der Waals surface area (Å²) in [5.41, 5.74) is -2.03. The quantitative estimate of drug-likeness (QED) is 0.129. The highest BCUT2D eigenvalue weighted by molar-refractivity contribution is 6.04. The van der Waals surface area contributed by atoms with Crippen molar-refractivity contribution in [3.63, 3.8) is 0 Å². The van der Waals surface area contributed by atoms with Crippen LogP contribution in [0.25, 0.3) is 0 Å². The third-order valence-electron chi connectivity index (χ3n) is 12.1. The van der Waals surface area contributed by atoms with E-state index in [0.717, 1.165) is 6.42 Å². The van der Waals surface area contributed by atoms with Crippen LogP contribution in [-0.2, 0) is 23.9 Å². The van der Waals surface area contributed by atoms with Gasteiger partial charge in [0.1, 0.15) is 11.7 Å². The molecule has 8 nitrogen and oxygen atoms in total. The van der Waals surface area contributed by atoms with Crippen LogP contribution in [0.5, 0.6) is 0 Å². The average molecular weight is 661 g/mol. The third kappa shape index (κ3) is 5.54. The van der Waals surface area contributed by atoms with Gasteiger partial charge in [-0.3, -0.25) is 9.59 Å². The molecule has 0 aliphatic heterocycles. The molecule has 0 amide bonds. The van der Waals surface area contributed by atoms with Crippen LogP contribution in [-0.4, -0.2) is 62.6 Å². The summed E-state index contributed by atoms with van der Waals surface area (Å²) in [7, 11) is 0. The Hall–Kier alpha value is -3.33. The van der Waals surface area contributed by atoms with E-state index in [1.165, 1.54) is 37.0 Å². The molecule has 0 aromatic rings. The fraction of sp³-hybridized carbons (Fsp3) is 0.575. The van der Waals surface area contributed by atoms with Gasteiger partial charge in [0.05, 0.1) is 12.2 Å². The number of aliphatic hydroxyl groups excluding tert-OH is 1. The molecule has 0 bridgehead atoms. The zero-order valence-corrected chi connectivity index (χ0v) is 29.6. The maximum Gasteiger partial charge on any atom is 0.331 e. The molecule has 0 radical (unpaired) electrons. The van der Waals surface area contributed by atoms with Gasteiger partial charge in [-0.1, -0.05) is 94.9 Å². The van der Waals surface area contributed by atoms with E-state index in [1.54, 1.807) is 38.2 Å². The Balaban J connectivity index is 1.40. The largest absolute Gasteiger partial charge is 0.455 e. The van der Waals surface area contributed by atoms with Crippen molar-refractivity contribution in [3.05, 3.63) is 83.1 Å². The van der Waals surface area contributed by atoms with Crippen LogP contribution in [0.4, 0.5) is 0 Å². The lowest BCUT2D eigenvalue weighted by Gasteiger charge is -2.53. The summed E-state index contributed by atoms with van der Waals surface area (Å²) in [5, 5.41) is 34.8. The maximum atomic E-state index is 13.3. The molecule has 48 heavy (non-hydrogen) atoms. The van der Waals surface area contributed by atoms with Crippen LogP contribution in [0.2, 0.25) is 0 Å². The minimum absolute atomic E-state index is 0.140. The molecule has 5 rings (SSSR count). The average Bonchev–Trinajstić information content (AvgIpc) is 3.42. The molecule has 0 saturated heterocycles. The Morgan fingerprint density at radius 3 is 2.27 bits per heavy atom. The molecule has 260 valence electrons. The monoisotopic (exact) mass is 660 g/mol. The second-order valence-corrected chi connectivity index (χ2v) is 15.8. The van der Waals surface area contributed by atoms with E-state index < -0.39 is 76.3 Å². The highest BCUT2D eigenvalue weighted by Gasteiger charge is 2.87. The first-order valence-electron chi connectivity index (χ1n) is 17.2. The van der Waals surface area contributed by atoms with Crippen LogP contribution < -0.4 is 0 Å². The number of fused-ring (bicyclic) bond motifs is 5. The summed E-state index contributed by atoms with van der Waals surface area (Å²) in [4.78, 5) is 39.2. The number of Topliss-reactive ketones (excluding diaryl/α,β-unsaturated/α-hetero) is 1. The molecule has 8 atom stereocenters. The minimum atomic E-state index is -1.97. The molecule has 2 fully saturated rings.